The van der Waals surface area contributed by atoms with Gasteiger partial charge in [0.1, 0.15) is 23.9 Å². The Morgan fingerprint density at radius 1 is 1.22 bits per heavy atom. The van der Waals surface area contributed by atoms with Gasteiger partial charge in [0.05, 0.1) is 9.50 Å². The van der Waals surface area contributed by atoms with Gasteiger partial charge in [-0.2, -0.15) is 5.10 Å². The molecule has 0 bridgehead atoms. The molecule has 0 N–H and O–H groups in total. The van der Waals surface area contributed by atoms with Crippen LogP contribution in [0.25, 0.3) is 0 Å². The summed E-state index contributed by atoms with van der Waals surface area (Å²) >= 11 is 14.5. The maximum absolute atomic E-state index is 13.3. The summed E-state index contributed by atoms with van der Waals surface area (Å²) in [5, 5.41) is 7.83. The van der Waals surface area contributed by atoms with E-state index in [1.165, 1.54) is 12.1 Å². The van der Waals surface area contributed by atoms with Crippen LogP contribution in [0.5, 0.6) is 5.75 Å². The molecule has 0 aliphatic rings. The predicted octanol–water partition coefficient (Wildman–Crippen LogP) is 4.26. The minimum Gasteiger partial charge on any atom is -0.486 e. The average molecular weight is 352 g/mol. The molecule has 1 aromatic heterocycles. The van der Waals surface area contributed by atoms with Gasteiger partial charge in [-0.15, -0.1) is 5.10 Å². The molecule has 3 nitrogen and oxygen atoms in total. The lowest BCUT2D eigenvalue weighted by Gasteiger charge is -2.08. The Morgan fingerprint density at radius 3 is 2.67 bits per heavy atom. The van der Waals surface area contributed by atoms with Crippen LogP contribution in [0.3, 0.4) is 0 Å². The van der Waals surface area contributed by atoms with Crippen molar-refractivity contribution in [3.8, 4) is 5.75 Å². The minimum atomic E-state index is -0.544. The van der Waals surface area contributed by atoms with E-state index in [1.807, 2.05) is 0 Å². The lowest BCUT2D eigenvalue weighted by molar-refractivity contribution is 0.296. The largest absolute Gasteiger partial charge is 0.486 e. The zero-order valence-electron chi connectivity index (χ0n) is 8.83. The van der Waals surface area contributed by atoms with E-state index in [9.17, 15) is 4.39 Å². The monoisotopic (exact) mass is 350 g/mol. The molecule has 1 heterocycles. The van der Waals surface area contributed by atoms with Crippen LogP contribution >= 0.6 is 39.1 Å². The highest BCUT2D eigenvalue weighted by atomic mass is 79.9. The average Bonchev–Trinajstić information content (AvgIpc) is 2.34. The number of halogens is 4. The lowest BCUT2D eigenvalue weighted by atomic mass is 10.3. The van der Waals surface area contributed by atoms with Gasteiger partial charge >= 0.3 is 0 Å². The molecule has 0 radical (unpaired) electrons. The second-order valence-corrected chi connectivity index (χ2v) is 4.98. The molecule has 0 spiro atoms. The summed E-state index contributed by atoms with van der Waals surface area (Å²) in [4.78, 5) is 0. The third-order valence-corrected chi connectivity index (χ3v) is 3.15. The topological polar surface area (TPSA) is 35.0 Å². The van der Waals surface area contributed by atoms with Crippen LogP contribution in [0.1, 0.15) is 5.69 Å². The number of hydrogen-bond acceptors (Lipinski definition) is 3. The molecule has 0 fully saturated rings. The van der Waals surface area contributed by atoms with Crippen LogP contribution < -0.4 is 4.74 Å². The molecule has 2 rings (SSSR count). The second-order valence-electron chi connectivity index (χ2n) is 3.33. The van der Waals surface area contributed by atoms with E-state index in [2.05, 4.69) is 26.1 Å². The fourth-order valence-corrected chi connectivity index (χ4v) is 2.04. The van der Waals surface area contributed by atoms with Crippen LogP contribution in [-0.4, -0.2) is 10.2 Å². The van der Waals surface area contributed by atoms with Crippen molar-refractivity contribution in [2.45, 2.75) is 6.61 Å². The molecule has 0 unspecified atom stereocenters. The Hall–Kier alpha value is -0.910. The van der Waals surface area contributed by atoms with Gasteiger partial charge in [-0.25, -0.2) is 4.39 Å². The van der Waals surface area contributed by atoms with Crippen molar-refractivity contribution >= 4 is 39.1 Å². The molecule has 1 aromatic carbocycles. The van der Waals surface area contributed by atoms with Gasteiger partial charge in [0.15, 0.2) is 5.15 Å². The summed E-state index contributed by atoms with van der Waals surface area (Å²) in [6.45, 7) is 0.157. The smallest absolute Gasteiger partial charge is 0.151 e. The van der Waals surface area contributed by atoms with Crippen LogP contribution in [-0.2, 0) is 6.61 Å². The first-order chi connectivity index (χ1) is 8.56. The van der Waals surface area contributed by atoms with Crippen LogP contribution in [0.2, 0.25) is 10.2 Å². The third kappa shape index (κ3) is 3.31. The van der Waals surface area contributed by atoms with Crippen LogP contribution in [0, 0.1) is 5.82 Å². The Kier molecular flexibility index (Phi) is 4.37. The van der Waals surface area contributed by atoms with Gasteiger partial charge in [-0.3, -0.25) is 0 Å². The van der Waals surface area contributed by atoms with Crippen molar-refractivity contribution in [2.24, 2.45) is 0 Å². The third-order valence-electron chi connectivity index (χ3n) is 2.04. The van der Waals surface area contributed by atoms with Crippen LogP contribution in [0.15, 0.2) is 28.7 Å². The van der Waals surface area contributed by atoms with E-state index >= 15 is 0 Å². The maximum atomic E-state index is 13.3. The highest BCUT2D eigenvalue weighted by molar-refractivity contribution is 9.10. The first-order valence-corrected chi connectivity index (χ1v) is 6.36. The van der Waals surface area contributed by atoms with Crippen molar-refractivity contribution in [3.63, 3.8) is 0 Å². The number of aromatic nitrogens is 2. The molecule has 0 aliphatic carbocycles. The zero-order valence-corrected chi connectivity index (χ0v) is 11.9. The van der Waals surface area contributed by atoms with Crippen molar-refractivity contribution in [2.75, 3.05) is 0 Å². The standard InChI is InChI=1S/C11H6BrCl2FN2O/c12-7-3-8(13)9(15)4-10(7)18-5-6-1-2-11(14)17-16-6/h1-4H,5H2. The van der Waals surface area contributed by atoms with Crippen molar-refractivity contribution in [1.29, 1.82) is 0 Å². The highest BCUT2D eigenvalue weighted by Gasteiger charge is 2.08. The molecule has 0 aliphatic heterocycles. The van der Waals surface area contributed by atoms with Crippen molar-refractivity contribution in [3.05, 3.63) is 50.4 Å². The number of nitrogens with zero attached hydrogens (tertiary/aromatic N) is 2. The molecule has 18 heavy (non-hydrogen) atoms. The summed E-state index contributed by atoms with van der Waals surface area (Å²) in [5.74, 6) is -0.203. The van der Waals surface area contributed by atoms with Gasteiger partial charge in [-0.1, -0.05) is 23.2 Å². The van der Waals surface area contributed by atoms with Gasteiger partial charge in [0, 0.05) is 6.07 Å². The Labute approximate surface area is 121 Å². The summed E-state index contributed by atoms with van der Waals surface area (Å²) in [5.41, 5.74) is 0.585. The fraction of sp³-hybridized carbons (Fsp3) is 0.0909. The summed E-state index contributed by atoms with van der Waals surface area (Å²) < 4.78 is 19.2. The number of ether oxygens (including phenoxy) is 1. The zero-order chi connectivity index (χ0) is 13.1. The van der Waals surface area contributed by atoms with E-state index in [0.717, 1.165) is 0 Å². The first-order valence-electron chi connectivity index (χ1n) is 4.81. The molecule has 0 amide bonds. The first kappa shape index (κ1) is 13.5. The van der Waals surface area contributed by atoms with E-state index in [0.29, 0.717) is 21.1 Å². The molecule has 2 aromatic rings. The maximum Gasteiger partial charge on any atom is 0.151 e. The van der Waals surface area contributed by atoms with Gasteiger partial charge in [-0.05, 0) is 34.1 Å². The molecule has 0 saturated heterocycles. The Balaban J connectivity index is 2.10. The highest BCUT2D eigenvalue weighted by Crippen LogP contribution is 2.30. The SMILES string of the molecule is Fc1cc(OCc2ccc(Cl)nn2)c(Br)cc1Cl. The number of rotatable bonds is 3. The van der Waals surface area contributed by atoms with E-state index in [4.69, 9.17) is 27.9 Å². The quantitative estimate of drug-likeness (QED) is 0.775. The summed E-state index contributed by atoms with van der Waals surface area (Å²) in [6.07, 6.45) is 0. The second kappa shape index (κ2) is 5.82. The van der Waals surface area contributed by atoms with Gasteiger partial charge in [0.25, 0.3) is 0 Å². The van der Waals surface area contributed by atoms with E-state index in [1.54, 1.807) is 12.1 Å². The number of benzene rings is 1. The van der Waals surface area contributed by atoms with Crippen molar-refractivity contribution < 1.29 is 9.13 Å². The van der Waals surface area contributed by atoms with Crippen LogP contribution in [0.4, 0.5) is 4.39 Å². The minimum absolute atomic E-state index is 0.0282. The van der Waals surface area contributed by atoms with E-state index in [-0.39, 0.29) is 11.6 Å². The molecule has 7 heteroatoms. The molecule has 94 valence electrons. The lowest BCUT2D eigenvalue weighted by Crippen LogP contribution is -2.00. The van der Waals surface area contributed by atoms with Crippen molar-refractivity contribution in [1.82, 2.24) is 10.2 Å². The van der Waals surface area contributed by atoms with E-state index < -0.39 is 5.82 Å². The Morgan fingerprint density at radius 2 is 2.00 bits per heavy atom. The Bertz CT molecular complexity index is 566. The molecular formula is C11H6BrCl2FN2O. The molecule has 0 saturated carbocycles. The van der Waals surface area contributed by atoms with Gasteiger partial charge < -0.3 is 4.74 Å². The summed E-state index contributed by atoms with van der Waals surface area (Å²) in [7, 11) is 0. The summed E-state index contributed by atoms with van der Waals surface area (Å²) in [6, 6.07) is 5.91. The predicted molar refractivity (Wildman–Crippen MR) is 70.5 cm³/mol. The van der Waals surface area contributed by atoms with Gasteiger partial charge in [0.2, 0.25) is 0 Å². The molecular weight excluding hydrogens is 346 g/mol. The molecule has 0 atom stereocenters. The fourth-order valence-electron chi connectivity index (χ4n) is 1.19. The normalized spacial score (nSPS) is 10.4. The number of hydrogen-bond donors (Lipinski definition) is 0.